The topological polar surface area (TPSA) is 88.2 Å². The van der Waals surface area contributed by atoms with Crippen LogP contribution in [0.1, 0.15) is 34.7 Å². The first-order valence-corrected chi connectivity index (χ1v) is 9.40. The Kier molecular flexibility index (Phi) is 4.81. The summed E-state index contributed by atoms with van der Waals surface area (Å²) in [5.74, 6) is 1.05. The minimum absolute atomic E-state index is 0.139. The number of aromatic amines is 1. The molecule has 0 bridgehead atoms. The standard InChI is InChI=1S/C21H22N4O3/c1-13-10-20(23-14(2)22-13)28-15-6-5-9-25(12-15)21(27)17-11-19(26)24-18-8-4-3-7-16(17)18/h3-4,7-8,10-11,15H,5-6,9,12H2,1-2H3,(H,24,26). The van der Waals surface area contributed by atoms with Crippen LogP contribution in [-0.2, 0) is 0 Å². The van der Waals surface area contributed by atoms with Gasteiger partial charge in [-0.1, -0.05) is 18.2 Å². The fraction of sp³-hybridized carbons (Fsp3) is 0.333. The molecule has 3 aromatic rings. The van der Waals surface area contributed by atoms with Gasteiger partial charge in [-0.3, -0.25) is 9.59 Å². The Labute approximate surface area is 162 Å². The predicted octanol–water partition coefficient (Wildman–Crippen LogP) is 2.62. The van der Waals surface area contributed by atoms with E-state index in [0.717, 1.165) is 23.9 Å². The van der Waals surface area contributed by atoms with Gasteiger partial charge in [0.2, 0.25) is 11.4 Å². The SMILES string of the molecule is Cc1cc(OC2CCCN(C(=O)c3cc(=O)[nH]c4ccccc34)C2)nc(C)n1. The number of likely N-dealkylation sites (tertiary alicyclic amines) is 1. The van der Waals surface area contributed by atoms with Crippen molar-refractivity contribution in [2.75, 3.05) is 13.1 Å². The molecule has 2 aromatic heterocycles. The van der Waals surface area contributed by atoms with E-state index in [-0.39, 0.29) is 17.6 Å². The third kappa shape index (κ3) is 3.74. The quantitative estimate of drug-likeness (QED) is 0.757. The number of piperidine rings is 1. The van der Waals surface area contributed by atoms with Crippen LogP contribution < -0.4 is 10.3 Å². The molecule has 4 rings (SSSR count). The van der Waals surface area contributed by atoms with Crippen molar-refractivity contribution in [3.8, 4) is 5.88 Å². The second-order valence-electron chi connectivity index (χ2n) is 7.12. The van der Waals surface area contributed by atoms with Gasteiger partial charge in [-0.15, -0.1) is 0 Å². The lowest BCUT2D eigenvalue weighted by Crippen LogP contribution is -2.44. The molecular formula is C21H22N4O3. The molecule has 3 heterocycles. The maximum atomic E-state index is 13.2. The molecule has 1 aromatic carbocycles. The van der Waals surface area contributed by atoms with E-state index in [9.17, 15) is 9.59 Å². The lowest BCUT2D eigenvalue weighted by Gasteiger charge is -2.33. The Bertz CT molecular complexity index is 1070. The number of rotatable bonds is 3. The first-order valence-electron chi connectivity index (χ1n) is 9.40. The highest BCUT2D eigenvalue weighted by Crippen LogP contribution is 2.21. The summed E-state index contributed by atoms with van der Waals surface area (Å²) >= 11 is 0. The second kappa shape index (κ2) is 7.42. The van der Waals surface area contributed by atoms with Crippen LogP contribution in [0.4, 0.5) is 0 Å². The minimum atomic E-state index is -0.279. The van der Waals surface area contributed by atoms with Crippen molar-refractivity contribution >= 4 is 16.8 Å². The van der Waals surface area contributed by atoms with Crippen LogP contribution >= 0.6 is 0 Å². The van der Waals surface area contributed by atoms with Crippen LogP contribution in [0.5, 0.6) is 5.88 Å². The van der Waals surface area contributed by atoms with Gasteiger partial charge in [-0.2, -0.15) is 4.98 Å². The van der Waals surface area contributed by atoms with E-state index in [1.54, 1.807) is 17.0 Å². The monoisotopic (exact) mass is 378 g/mol. The van der Waals surface area contributed by atoms with Crippen LogP contribution in [-0.4, -0.2) is 45.0 Å². The summed E-state index contributed by atoms with van der Waals surface area (Å²) in [4.78, 5) is 38.3. The van der Waals surface area contributed by atoms with Crippen molar-refractivity contribution in [3.05, 3.63) is 63.8 Å². The Hall–Kier alpha value is -3.22. The van der Waals surface area contributed by atoms with Gasteiger partial charge in [0.05, 0.1) is 12.1 Å². The molecule has 1 aliphatic rings. The summed E-state index contributed by atoms with van der Waals surface area (Å²) in [7, 11) is 0. The molecule has 0 spiro atoms. The predicted molar refractivity (Wildman–Crippen MR) is 106 cm³/mol. The molecule has 7 heteroatoms. The van der Waals surface area contributed by atoms with Crippen LogP contribution in [0.15, 0.2) is 41.2 Å². The lowest BCUT2D eigenvalue weighted by molar-refractivity contribution is 0.0528. The van der Waals surface area contributed by atoms with Gasteiger partial charge in [-0.25, -0.2) is 4.98 Å². The number of H-pyrrole nitrogens is 1. The largest absolute Gasteiger partial charge is 0.472 e. The number of para-hydroxylation sites is 1. The zero-order valence-corrected chi connectivity index (χ0v) is 15.9. The minimum Gasteiger partial charge on any atom is -0.472 e. The Morgan fingerprint density at radius 2 is 2.04 bits per heavy atom. The van der Waals surface area contributed by atoms with Gasteiger partial charge in [-0.05, 0) is 32.8 Å². The van der Waals surface area contributed by atoms with Crippen LogP contribution in [0.3, 0.4) is 0 Å². The molecule has 1 amide bonds. The van der Waals surface area contributed by atoms with Gasteiger partial charge in [0, 0.05) is 35.3 Å². The van der Waals surface area contributed by atoms with E-state index in [0.29, 0.717) is 35.9 Å². The average molecular weight is 378 g/mol. The van der Waals surface area contributed by atoms with E-state index in [2.05, 4.69) is 15.0 Å². The van der Waals surface area contributed by atoms with E-state index in [4.69, 9.17) is 4.74 Å². The van der Waals surface area contributed by atoms with E-state index < -0.39 is 0 Å². The van der Waals surface area contributed by atoms with Crippen molar-refractivity contribution in [2.45, 2.75) is 32.8 Å². The summed E-state index contributed by atoms with van der Waals surface area (Å²) in [6, 6.07) is 10.5. The van der Waals surface area contributed by atoms with E-state index >= 15 is 0 Å². The number of benzene rings is 1. The number of hydrogen-bond donors (Lipinski definition) is 1. The fourth-order valence-corrected chi connectivity index (χ4v) is 3.68. The van der Waals surface area contributed by atoms with Crippen molar-refractivity contribution in [3.63, 3.8) is 0 Å². The normalized spacial score (nSPS) is 16.9. The molecule has 0 radical (unpaired) electrons. The van der Waals surface area contributed by atoms with E-state index in [1.165, 1.54) is 6.07 Å². The number of carbonyl (C=O) groups is 1. The van der Waals surface area contributed by atoms with Crippen molar-refractivity contribution < 1.29 is 9.53 Å². The van der Waals surface area contributed by atoms with Crippen molar-refractivity contribution in [2.24, 2.45) is 0 Å². The van der Waals surface area contributed by atoms with Crippen molar-refractivity contribution in [1.82, 2.24) is 19.9 Å². The summed E-state index contributed by atoms with van der Waals surface area (Å²) in [5.41, 5.74) is 1.66. The van der Waals surface area contributed by atoms with E-state index in [1.807, 2.05) is 32.0 Å². The third-order valence-electron chi connectivity index (χ3n) is 4.88. The molecule has 1 fully saturated rings. The zero-order valence-electron chi connectivity index (χ0n) is 15.9. The molecule has 1 unspecified atom stereocenters. The molecule has 1 saturated heterocycles. The molecule has 0 aliphatic carbocycles. The van der Waals surface area contributed by atoms with Crippen LogP contribution in [0.25, 0.3) is 10.9 Å². The molecule has 1 aliphatic heterocycles. The van der Waals surface area contributed by atoms with Crippen LogP contribution in [0, 0.1) is 13.8 Å². The molecule has 1 atom stereocenters. The van der Waals surface area contributed by atoms with Gasteiger partial charge in [0.25, 0.3) is 5.91 Å². The zero-order chi connectivity index (χ0) is 19.7. The number of amides is 1. The maximum absolute atomic E-state index is 13.2. The molecule has 144 valence electrons. The van der Waals surface area contributed by atoms with Gasteiger partial charge in [0.1, 0.15) is 11.9 Å². The van der Waals surface area contributed by atoms with Crippen molar-refractivity contribution in [1.29, 1.82) is 0 Å². The molecule has 0 saturated carbocycles. The number of carbonyl (C=O) groups excluding carboxylic acids is 1. The second-order valence-corrected chi connectivity index (χ2v) is 7.12. The average Bonchev–Trinajstić information content (AvgIpc) is 2.66. The summed E-state index contributed by atoms with van der Waals surface area (Å²) < 4.78 is 6.03. The number of aryl methyl sites for hydroxylation is 2. The number of nitrogens with one attached hydrogen (secondary N) is 1. The maximum Gasteiger partial charge on any atom is 0.254 e. The molecule has 7 nitrogen and oxygen atoms in total. The number of hydrogen-bond acceptors (Lipinski definition) is 5. The van der Waals surface area contributed by atoms with Gasteiger partial charge >= 0.3 is 0 Å². The molecule has 28 heavy (non-hydrogen) atoms. The highest BCUT2D eigenvalue weighted by Gasteiger charge is 2.27. The fourth-order valence-electron chi connectivity index (χ4n) is 3.68. The Balaban J connectivity index is 1.56. The lowest BCUT2D eigenvalue weighted by atomic mass is 10.0. The summed E-state index contributed by atoms with van der Waals surface area (Å²) in [6.07, 6.45) is 1.54. The third-order valence-corrected chi connectivity index (χ3v) is 4.88. The number of nitrogens with zero attached hydrogens (tertiary/aromatic N) is 3. The highest BCUT2D eigenvalue weighted by molar-refractivity contribution is 6.05. The molecular weight excluding hydrogens is 356 g/mol. The number of fused-ring (bicyclic) bond motifs is 1. The smallest absolute Gasteiger partial charge is 0.254 e. The highest BCUT2D eigenvalue weighted by atomic mass is 16.5. The first-order chi connectivity index (χ1) is 13.5. The summed E-state index contributed by atoms with van der Waals surface area (Å²) in [5, 5.41) is 0.747. The number of ether oxygens (including phenoxy) is 1. The van der Waals surface area contributed by atoms with Crippen LogP contribution in [0.2, 0.25) is 0 Å². The molecule has 1 N–H and O–H groups in total. The number of pyridine rings is 1. The Morgan fingerprint density at radius 3 is 2.86 bits per heavy atom. The van der Waals surface area contributed by atoms with Gasteiger partial charge < -0.3 is 14.6 Å². The van der Waals surface area contributed by atoms with Gasteiger partial charge in [0.15, 0.2) is 0 Å². The Morgan fingerprint density at radius 1 is 1.21 bits per heavy atom. The first kappa shape index (κ1) is 18.2. The number of aromatic nitrogens is 3. The summed E-state index contributed by atoms with van der Waals surface area (Å²) in [6.45, 7) is 4.83.